The van der Waals surface area contributed by atoms with Gasteiger partial charge in [0.2, 0.25) is 0 Å². The maximum Gasteiger partial charge on any atom is 0.179 e. The number of carbonyl (C=O) groups is 1. The van der Waals surface area contributed by atoms with Crippen LogP contribution < -0.4 is 5.73 Å². The maximum atomic E-state index is 12.7. The smallest absolute Gasteiger partial charge is 0.179 e. The van der Waals surface area contributed by atoms with Crippen LogP contribution in [0, 0.1) is 11.8 Å². The highest BCUT2D eigenvalue weighted by atomic mass is 35.5. The monoisotopic (exact) mass is 390 g/mol. The van der Waals surface area contributed by atoms with Gasteiger partial charge in [0.1, 0.15) is 0 Å². The molecule has 0 aliphatic carbocycles. The highest BCUT2D eigenvalue weighted by molar-refractivity contribution is 6.32. The van der Waals surface area contributed by atoms with E-state index in [1.54, 1.807) is 6.07 Å². The lowest BCUT2D eigenvalue weighted by atomic mass is 9.84. The van der Waals surface area contributed by atoms with E-state index in [4.69, 9.17) is 17.3 Å². The van der Waals surface area contributed by atoms with Crippen molar-refractivity contribution in [2.45, 2.75) is 26.3 Å². The van der Waals surface area contributed by atoms with Crippen molar-refractivity contribution in [1.29, 1.82) is 0 Å². The maximum absolute atomic E-state index is 12.7. The van der Waals surface area contributed by atoms with E-state index in [0.29, 0.717) is 22.9 Å². The predicted molar refractivity (Wildman–Crippen MR) is 117 cm³/mol. The SMILES string of the molecule is CC(C)C[C@H](N)C(=O)c1ccc([C](c2ccccc2)c2ccccc2)c(Cl)c1. The molecular formula is C25H25ClNO. The van der Waals surface area contributed by atoms with E-state index in [1.165, 1.54) is 0 Å². The molecule has 1 radical (unpaired) electrons. The number of carbonyl (C=O) groups excluding carboxylic acids is 1. The quantitative estimate of drug-likeness (QED) is 0.402. The van der Waals surface area contributed by atoms with Crippen LogP contribution in [0.2, 0.25) is 5.02 Å². The van der Waals surface area contributed by atoms with E-state index in [1.807, 2.05) is 48.5 Å². The molecule has 3 heteroatoms. The number of benzene rings is 3. The predicted octanol–water partition coefficient (Wildman–Crippen LogP) is 5.92. The van der Waals surface area contributed by atoms with E-state index >= 15 is 0 Å². The van der Waals surface area contributed by atoms with Crippen LogP contribution in [-0.2, 0) is 0 Å². The zero-order chi connectivity index (χ0) is 20.1. The summed E-state index contributed by atoms with van der Waals surface area (Å²) in [5, 5.41) is 0.547. The van der Waals surface area contributed by atoms with Gasteiger partial charge in [-0.3, -0.25) is 4.79 Å². The molecule has 0 spiro atoms. The summed E-state index contributed by atoms with van der Waals surface area (Å²) in [5.74, 6) is 1.34. The fourth-order valence-corrected chi connectivity index (χ4v) is 3.66. The third-order valence-electron chi connectivity index (χ3n) is 4.71. The molecule has 3 aromatic rings. The number of rotatable bonds is 7. The van der Waals surface area contributed by atoms with Crippen molar-refractivity contribution in [1.82, 2.24) is 0 Å². The topological polar surface area (TPSA) is 43.1 Å². The molecular weight excluding hydrogens is 366 g/mol. The molecule has 2 N–H and O–H groups in total. The Balaban J connectivity index is 1.99. The van der Waals surface area contributed by atoms with Crippen LogP contribution in [0.5, 0.6) is 0 Å². The van der Waals surface area contributed by atoms with Gasteiger partial charge >= 0.3 is 0 Å². The minimum absolute atomic E-state index is 0.0666. The van der Waals surface area contributed by atoms with Crippen LogP contribution in [-0.4, -0.2) is 11.8 Å². The summed E-state index contributed by atoms with van der Waals surface area (Å²) in [5.41, 5.74) is 9.69. The molecule has 3 aromatic carbocycles. The number of hydrogen-bond donors (Lipinski definition) is 1. The first-order valence-electron chi connectivity index (χ1n) is 9.55. The Kier molecular flexibility index (Phi) is 6.66. The largest absolute Gasteiger partial charge is 0.321 e. The van der Waals surface area contributed by atoms with Gasteiger partial charge in [0.15, 0.2) is 5.78 Å². The van der Waals surface area contributed by atoms with E-state index in [9.17, 15) is 4.79 Å². The highest BCUT2D eigenvalue weighted by Crippen LogP contribution is 2.35. The summed E-state index contributed by atoms with van der Waals surface area (Å²) < 4.78 is 0. The molecule has 0 aliphatic heterocycles. The lowest BCUT2D eigenvalue weighted by Gasteiger charge is -2.20. The summed E-state index contributed by atoms with van der Waals surface area (Å²) >= 11 is 6.66. The van der Waals surface area contributed by atoms with Crippen LogP contribution in [0.3, 0.4) is 0 Å². The molecule has 1 atom stereocenters. The summed E-state index contributed by atoms with van der Waals surface area (Å²) in [6.07, 6.45) is 0.656. The minimum atomic E-state index is -0.506. The van der Waals surface area contributed by atoms with Gasteiger partial charge in [0.25, 0.3) is 0 Å². The molecule has 2 nitrogen and oxygen atoms in total. The fourth-order valence-electron chi connectivity index (χ4n) is 3.39. The number of ketones is 1. The minimum Gasteiger partial charge on any atom is -0.321 e. The van der Waals surface area contributed by atoms with E-state index in [2.05, 4.69) is 38.1 Å². The van der Waals surface area contributed by atoms with E-state index in [0.717, 1.165) is 22.6 Å². The number of Topliss-reactive ketones (excluding diaryl/α,β-unsaturated/α-hetero) is 1. The van der Waals surface area contributed by atoms with Crippen molar-refractivity contribution in [3.8, 4) is 0 Å². The fraction of sp³-hybridized carbons (Fsp3) is 0.200. The van der Waals surface area contributed by atoms with Gasteiger partial charge in [-0.15, -0.1) is 0 Å². The second kappa shape index (κ2) is 9.18. The summed E-state index contributed by atoms with van der Waals surface area (Å²) in [6, 6.07) is 25.3. The Hall–Kier alpha value is -2.42. The number of halogens is 1. The van der Waals surface area contributed by atoms with Gasteiger partial charge in [0.05, 0.1) is 12.0 Å². The van der Waals surface area contributed by atoms with Gasteiger partial charge in [-0.1, -0.05) is 98.2 Å². The highest BCUT2D eigenvalue weighted by Gasteiger charge is 2.23. The third-order valence-corrected chi connectivity index (χ3v) is 5.02. The second-order valence-corrected chi connectivity index (χ2v) is 7.81. The molecule has 0 aromatic heterocycles. The average Bonchev–Trinajstić information content (AvgIpc) is 2.70. The van der Waals surface area contributed by atoms with Crippen molar-refractivity contribution >= 4 is 17.4 Å². The zero-order valence-electron chi connectivity index (χ0n) is 16.2. The molecule has 0 aliphatic rings. The van der Waals surface area contributed by atoms with E-state index < -0.39 is 6.04 Å². The van der Waals surface area contributed by atoms with Crippen molar-refractivity contribution in [2.75, 3.05) is 0 Å². The molecule has 0 fully saturated rings. The van der Waals surface area contributed by atoms with Gasteiger partial charge in [-0.05, 0) is 35.1 Å². The van der Waals surface area contributed by atoms with Crippen LogP contribution in [0.4, 0.5) is 0 Å². The molecule has 0 bridgehead atoms. The molecule has 28 heavy (non-hydrogen) atoms. The van der Waals surface area contributed by atoms with Crippen molar-refractivity contribution in [3.63, 3.8) is 0 Å². The lowest BCUT2D eigenvalue weighted by molar-refractivity contribution is 0.0951. The van der Waals surface area contributed by atoms with Gasteiger partial charge in [0, 0.05) is 10.6 Å². The zero-order valence-corrected chi connectivity index (χ0v) is 17.0. The van der Waals surface area contributed by atoms with Gasteiger partial charge in [-0.2, -0.15) is 0 Å². The lowest BCUT2D eigenvalue weighted by Crippen LogP contribution is -2.32. The summed E-state index contributed by atoms with van der Waals surface area (Å²) in [6.45, 7) is 4.12. The van der Waals surface area contributed by atoms with Gasteiger partial charge < -0.3 is 5.73 Å². The molecule has 0 saturated heterocycles. The van der Waals surface area contributed by atoms with Gasteiger partial charge in [-0.25, -0.2) is 0 Å². The van der Waals surface area contributed by atoms with Crippen molar-refractivity contribution in [2.24, 2.45) is 11.7 Å². The molecule has 143 valence electrons. The number of nitrogens with two attached hydrogens (primary N) is 1. The Morgan fingerprint density at radius 2 is 1.39 bits per heavy atom. The standard InChI is InChI=1S/C25H25ClNO/c1-17(2)15-23(27)25(28)20-13-14-21(22(26)16-20)24(18-9-5-3-6-10-18)19-11-7-4-8-12-19/h3-14,16-17,23H,15,27H2,1-2H3/t23-/m0/s1. The molecule has 0 saturated carbocycles. The van der Waals surface area contributed by atoms with Crippen LogP contribution in [0.25, 0.3) is 0 Å². The third kappa shape index (κ3) is 4.70. The second-order valence-electron chi connectivity index (χ2n) is 7.40. The van der Waals surface area contributed by atoms with Crippen molar-refractivity contribution in [3.05, 3.63) is 112 Å². The molecule has 0 unspecified atom stereocenters. The van der Waals surface area contributed by atoms with Crippen LogP contribution in [0.15, 0.2) is 78.9 Å². The first kappa shape index (κ1) is 20.3. The Morgan fingerprint density at radius 3 is 1.86 bits per heavy atom. The Labute approximate surface area is 172 Å². The normalized spacial score (nSPS) is 12.4. The first-order valence-corrected chi connectivity index (χ1v) is 9.92. The number of hydrogen-bond acceptors (Lipinski definition) is 2. The van der Waals surface area contributed by atoms with Crippen molar-refractivity contribution < 1.29 is 4.79 Å². The molecule has 3 rings (SSSR count). The Bertz CT molecular complexity index is 882. The summed E-state index contributed by atoms with van der Waals surface area (Å²) in [7, 11) is 0. The van der Waals surface area contributed by atoms with Crippen LogP contribution >= 0.6 is 11.6 Å². The molecule has 0 heterocycles. The molecule has 0 amide bonds. The Morgan fingerprint density at radius 1 is 0.857 bits per heavy atom. The first-order chi connectivity index (χ1) is 13.5. The van der Waals surface area contributed by atoms with E-state index in [-0.39, 0.29) is 5.78 Å². The van der Waals surface area contributed by atoms with Crippen LogP contribution in [0.1, 0.15) is 47.3 Å². The summed E-state index contributed by atoms with van der Waals surface area (Å²) in [4.78, 5) is 12.7. The average molecular weight is 391 g/mol.